The maximum absolute atomic E-state index is 12.8. The third-order valence-corrected chi connectivity index (χ3v) is 6.09. The van der Waals surface area contributed by atoms with Crippen LogP contribution in [0.15, 0.2) is 36.4 Å². The van der Waals surface area contributed by atoms with Crippen LogP contribution in [0.1, 0.15) is 61.8 Å². The highest BCUT2D eigenvalue weighted by Gasteiger charge is 2.33. The maximum Gasteiger partial charge on any atom is 0.367 e. The fourth-order valence-electron chi connectivity index (χ4n) is 4.32. The first-order chi connectivity index (χ1) is 16.1. The average molecular weight is 485 g/mol. The van der Waals surface area contributed by atoms with Crippen molar-refractivity contribution in [2.45, 2.75) is 53.4 Å². The van der Waals surface area contributed by atoms with Gasteiger partial charge >= 0.3 is 11.9 Å². The zero-order chi connectivity index (χ0) is 26.6. The molecule has 0 aliphatic rings. The lowest BCUT2D eigenvalue weighted by molar-refractivity contribution is -1.06. The molecule has 0 saturated heterocycles. The van der Waals surface area contributed by atoms with Crippen molar-refractivity contribution in [3.05, 3.63) is 58.7 Å². The number of aryl methyl sites for hydroxylation is 2. The highest BCUT2D eigenvalue weighted by atomic mass is 16.5. The van der Waals surface area contributed by atoms with Gasteiger partial charge in [0.1, 0.15) is 11.5 Å². The number of nitrogens with zero attached hydrogens (tertiary/aromatic N) is 2. The Morgan fingerprint density at radius 1 is 0.686 bits per heavy atom. The molecule has 0 spiro atoms. The van der Waals surface area contributed by atoms with Crippen molar-refractivity contribution in [1.29, 1.82) is 0 Å². The lowest BCUT2D eigenvalue weighted by Crippen LogP contribution is -2.59. The molecule has 6 nitrogen and oxygen atoms in total. The van der Waals surface area contributed by atoms with Crippen LogP contribution in [0.4, 0.5) is 0 Å². The van der Waals surface area contributed by atoms with Crippen LogP contribution in [-0.4, -0.2) is 68.9 Å². The van der Waals surface area contributed by atoms with E-state index in [1.54, 1.807) is 0 Å². The molecule has 0 unspecified atom stereocenters. The molecule has 0 amide bonds. The SMILES string of the molecule is Cc1ccc(C(C)C)cc1OC(=O)C[N+](C)(C)C[N+](C)(C)CC(=O)Oc1cc(C(C)C)ccc1C. The van der Waals surface area contributed by atoms with Crippen LogP contribution in [0.3, 0.4) is 0 Å². The van der Waals surface area contributed by atoms with E-state index < -0.39 is 0 Å². The molecule has 2 aromatic rings. The van der Waals surface area contributed by atoms with E-state index in [9.17, 15) is 9.59 Å². The summed E-state index contributed by atoms with van der Waals surface area (Å²) >= 11 is 0. The number of hydrogen-bond acceptors (Lipinski definition) is 4. The fraction of sp³-hybridized carbons (Fsp3) is 0.517. The third kappa shape index (κ3) is 8.79. The molecule has 0 heterocycles. The summed E-state index contributed by atoms with van der Waals surface area (Å²) in [6.45, 7) is 13.3. The first-order valence-corrected chi connectivity index (χ1v) is 12.3. The van der Waals surface area contributed by atoms with Crippen molar-refractivity contribution in [3.63, 3.8) is 0 Å². The molecule has 2 rings (SSSR count). The molecular weight excluding hydrogens is 440 g/mol. The fourth-order valence-corrected chi connectivity index (χ4v) is 4.32. The van der Waals surface area contributed by atoms with Crippen molar-refractivity contribution in [3.8, 4) is 11.5 Å². The smallest absolute Gasteiger partial charge is 0.367 e. The molecule has 2 aromatic carbocycles. The molecule has 0 atom stereocenters. The normalized spacial score (nSPS) is 12.2. The molecule has 0 radical (unpaired) electrons. The van der Waals surface area contributed by atoms with E-state index in [2.05, 4.69) is 39.8 Å². The minimum absolute atomic E-state index is 0.192. The number of rotatable bonds is 10. The number of likely N-dealkylation sites (N-methyl/N-ethyl adjacent to an activating group) is 2. The highest BCUT2D eigenvalue weighted by molar-refractivity contribution is 5.74. The molecule has 0 aliphatic heterocycles. The highest BCUT2D eigenvalue weighted by Crippen LogP contribution is 2.26. The zero-order valence-electron chi connectivity index (χ0n) is 23.3. The summed E-state index contributed by atoms with van der Waals surface area (Å²) in [5.74, 6) is 1.35. The van der Waals surface area contributed by atoms with Crippen LogP contribution in [-0.2, 0) is 9.59 Å². The number of esters is 2. The first-order valence-electron chi connectivity index (χ1n) is 12.3. The first kappa shape index (κ1) is 28.5. The van der Waals surface area contributed by atoms with Crippen LogP contribution in [0.25, 0.3) is 0 Å². The van der Waals surface area contributed by atoms with E-state index in [1.165, 1.54) is 0 Å². The molecule has 0 N–H and O–H groups in total. The Morgan fingerprint density at radius 3 is 1.34 bits per heavy atom. The van der Waals surface area contributed by atoms with Crippen molar-refractivity contribution >= 4 is 11.9 Å². The van der Waals surface area contributed by atoms with Gasteiger partial charge in [-0.15, -0.1) is 0 Å². The minimum atomic E-state index is -0.289. The van der Waals surface area contributed by atoms with Gasteiger partial charge in [0.15, 0.2) is 13.1 Å². The molecule has 0 saturated carbocycles. The van der Waals surface area contributed by atoms with Gasteiger partial charge in [0.25, 0.3) is 0 Å². The van der Waals surface area contributed by atoms with Crippen molar-refractivity contribution in [2.75, 3.05) is 47.9 Å². The van der Waals surface area contributed by atoms with E-state index in [1.807, 2.05) is 66.3 Å². The Bertz CT molecular complexity index is 971. The van der Waals surface area contributed by atoms with Gasteiger partial charge < -0.3 is 9.47 Å². The van der Waals surface area contributed by atoms with Crippen molar-refractivity contribution in [2.24, 2.45) is 0 Å². The quantitative estimate of drug-likeness (QED) is 0.202. The van der Waals surface area contributed by atoms with Crippen LogP contribution >= 0.6 is 0 Å². The Kier molecular flexibility index (Phi) is 9.26. The van der Waals surface area contributed by atoms with Gasteiger partial charge in [-0.1, -0.05) is 52.0 Å². The molecule has 0 bridgehead atoms. The van der Waals surface area contributed by atoms with Gasteiger partial charge in [-0.25, -0.2) is 9.59 Å². The van der Waals surface area contributed by atoms with Gasteiger partial charge in [0.2, 0.25) is 6.67 Å². The van der Waals surface area contributed by atoms with Gasteiger partial charge in [-0.3, -0.25) is 8.97 Å². The Hall–Kier alpha value is -2.70. The summed E-state index contributed by atoms with van der Waals surface area (Å²) < 4.78 is 12.2. The van der Waals surface area contributed by atoms with Crippen LogP contribution in [0.2, 0.25) is 0 Å². The van der Waals surface area contributed by atoms with Gasteiger partial charge in [0, 0.05) is 0 Å². The van der Waals surface area contributed by atoms with E-state index in [4.69, 9.17) is 9.47 Å². The predicted octanol–water partition coefficient (Wildman–Crippen LogP) is 5.17. The number of ether oxygens (including phenoxy) is 2. The van der Waals surface area contributed by atoms with Crippen LogP contribution < -0.4 is 9.47 Å². The van der Waals surface area contributed by atoms with E-state index >= 15 is 0 Å². The summed E-state index contributed by atoms with van der Waals surface area (Å²) in [5, 5.41) is 0. The molecule has 0 aliphatic carbocycles. The largest absolute Gasteiger partial charge is 0.422 e. The van der Waals surface area contributed by atoms with Crippen molar-refractivity contribution < 1.29 is 28.0 Å². The predicted molar refractivity (Wildman–Crippen MR) is 141 cm³/mol. The Balaban J connectivity index is 2.00. The number of hydrogen-bond donors (Lipinski definition) is 0. The van der Waals surface area contributed by atoms with Gasteiger partial charge in [-0.05, 0) is 60.1 Å². The second-order valence-electron chi connectivity index (χ2n) is 11.6. The average Bonchev–Trinajstić information content (AvgIpc) is 2.68. The van der Waals surface area contributed by atoms with Gasteiger partial charge in [-0.2, -0.15) is 0 Å². The van der Waals surface area contributed by atoms with E-state index in [0.29, 0.717) is 39.0 Å². The van der Waals surface area contributed by atoms with Crippen LogP contribution in [0, 0.1) is 13.8 Å². The number of carbonyl (C=O) groups is 2. The summed E-state index contributed by atoms with van der Waals surface area (Å²) in [7, 11) is 7.89. The second-order valence-corrected chi connectivity index (χ2v) is 11.6. The Labute approximate surface area is 211 Å². The number of quaternary nitrogens is 2. The molecule has 6 heteroatoms. The maximum atomic E-state index is 12.8. The Morgan fingerprint density at radius 2 is 1.03 bits per heavy atom. The molecule has 35 heavy (non-hydrogen) atoms. The molecule has 0 fully saturated rings. The summed E-state index contributed by atoms with van der Waals surface area (Å²) in [5.41, 5.74) is 4.14. The number of benzene rings is 2. The molecular formula is C29H44N2O4+2. The van der Waals surface area contributed by atoms with Crippen LogP contribution in [0.5, 0.6) is 11.5 Å². The summed E-state index contributed by atoms with van der Waals surface area (Å²) in [6.07, 6.45) is 0. The topological polar surface area (TPSA) is 52.6 Å². The standard InChI is InChI=1S/C29H44N2O4/c1-20(2)24-13-11-22(5)26(15-24)34-28(32)17-30(7,8)19-31(9,10)18-29(33)35-27-16-25(21(3)4)14-12-23(27)6/h11-16,20-21H,17-19H2,1-10H3/q+2. The lowest BCUT2D eigenvalue weighted by Gasteiger charge is -2.37. The van der Waals surface area contributed by atoms with Crippen molar-refractivity contribution in [1.82, 2.24) is 0 Å². The molecule has 192 valence electrons. The number of carbonyl (C=O) groups excluding carboxylic acids is 2. The summed E-state index contributed by atoms with van der Waals surface area (Å²) in [4.78, 5) is 25.6. The third-order valence-electron chi connectivity index (χ3n) is 6.09. The summed E-state index contributed by atoms with van der Waals surface area (Å²) in [6, 6.07) is 12.0. The minimum Gasteiger partial charge on any atom is -0.422 e. The van der Waals surface area contributed by atoms with E-state index in [0.717, 1.165) is 22.3 Å². The zero-order valence-corrected chi connectivity index (χ0v) is 23.3. The lowest BCUT2D eigenvalue weighted by atomic mass is 10.0. The van der Waals surface area contributed by atoms with Gasteiger partial charge in [0.05, 0.1) is 28.2 Å². The second kappa shape index (κ2) is 11.4. The monoisotopic (exact) mass is 484 g/mol. The van der Waals surface area contributed by atoms with E-state index in [-0.39, 0.29) is 25.0 Å². The molecule has 0 aromatic heterocycles.